The molecule has 134 valence electrons. The van der Waals surface area contributed by atoms with Gasteiger partial charge in [-0.25, -0.2) is 4.79 Å². The molecule has 1 fully saturated rings. The number of nitrogens with zero attached hydrogens (tertiary/aromatic N) is 2. The molecule has 6 heteroatoms. The molecule has 0 bridgehead atoms. The molecule has 0 spiro atoms. The maximum Gasteiger partial charge on any atom is 0.318 e. The first-order valence-electron chi connectivity index (χ1n) is 9.18. The average molecular weight is 342 g/mol. The molecule has 0 aliphatic carbocycles. The van der Waals surface area contributed by atoms with Gasteiger partial charge >= 0.3 is 6.03 Å². The molecule has 1 saturated heterocycles. The third-order valence-electron chi connectivity index (χ3n) is 5.40. The van der Waals surface area contributed by atoms with Crippen molar-refractivity contribution in [2.24, 2.45) is 0 Å². The third-order valence-corrected chi connectivity index (χ3v) is 5.40. The maximum absolute atomic E-state index is 12.6. The van der Waals surface area contributed by atoms with Gasteiger partial charge in [0.15, 0.2) is 0 Å². The van der Waals surface area contributed by atoms with Gasteiger partial charge in [0.1, 0.15) is 0 Å². The number of H-pyrrole nitrogens is 1. The summed E-state index contributed by atoms with van der Waals surface area (Å²) in [5.41, 5.74) is 3.70. The summed E-state index contributed by atoms with van der Waals surface area (Å²) in [6.45, 7) is 7.92. The highest BCUT2D eigenvalue weighted by molar-refractivity contribution is 5.86. The Labute approximate surface area is 148 Å². The monoisotopic (exact) mass is 342 g/mol. The molecule has 2 aliphatic rings. The van der Waals surface area contributed by atoms with Gasteiger partial charge in [-0.1, -0.05) is 18.2 Å². The lowest BCUT2D eigenvalue weighted by Crippen LogP contribution is -2.47. The minimum absolute atomic E-state index is 0.0325. The van der Waals surface area contributed by atoms with Crippen LogP contribution >= 0.6 is 0 Å². The summed E-state index contributed by atoms with van der Waals surface area (Å²) in [5, 5.41) is 4.37. The largest absolute Gasteiger partial charge is 0.379 e. The Kier molecular flexibility index (Phi) is 4.63. The number of hydrogen-bond donors (Lipinski definition) is 2. The number of rotatable bonds is 3. The molecule has 2 aliphatic heterocycles. The van der Waals surface area contributed by atoms with Crippen molar-refractivity contribution in [3.05, 3.63) is 35.5 Å². The number of urea groups is 1. The first-order chi connectivity index (χ1) is 12.2. The van der Waals surface area contributed by atoms with Crippen LogP contribution in [0.5, 0.6) is 0 Å². The maximum atomic E-state index is 12.6. The van der Waals surface area contributed by atoms with Crippen LogP contribution < -0.4 is 5.32 Å². The fraction of sp³-hybridized carbons (Fsp3) is 0.526. The van der Waals surface area contributed by atoms with Crippen molar-refractivity contribution in [2.75, 3.05) is 45.9 Å². The van der Waals surface area contributed by atoms with Crippen LogP contribution in [0.2, 0.25) is 0 Å². The molecule has 1 atom stereocenters. The number of fused-ring (bicyclic) bond motifs is 3. The standard InChI is InChI=1S/C19H26N4O2/c1-14-18-16(15-4-2-3-5-17(15)21-18)6-8-23(14)19(24)20-7-9-22-10-12-25-13-11-22/h2-5,14,21H,6-13H2,1H3,(H,20,24)/t14-/m0/s1. The summed E-state index contributed by atoms with van der Waals surface area (Å²) in [6.07, 6.45) is 0.903. The molecule has 1 aromatic carbocycles. The summed E-state index contributed by atoms with van der Waals surface area (Å²) in [5.74, 6) is 0. The number of nitrogens with one attached hydrogen (secondary N) is 2. The van der Waals surface area contributed by atoms with Crippen molar-refractivity contribution in [1.29, 1.82) is 0 Å². The lowest BCUT2D eigenvalue weighted by molar-refractivity contribution is 0.0385. The summed E-state index contributed by atoms with van der Waals surface area (Å²) in [7, 11) is 0. The zero-order valence-electron chi connectivity index (χ0n) is 14.8. The van der Waals surface area contributed by atoms with E-state index < -0.39 is 0 Å². The van der Waals surface area contributed by atoms with E-state index in [2.05, 4.69) is 40.3 Å². The number of hydrogen-bond acceptors (Lipinski definition) is 3. The number of ether oxygens (including phenoxy) is 1. The quantitative estimate of drug-likeness (QED) is 0.898. The fourth-order valence-corrected chi connectivity index (χ4v) is 3.95. The molecule has 0 radical (unpaired) electrons. The van der Waals surface area contributed by atoms with Crippen LogP contribution in [0.1, 0.15) is 24.2 Å². The zero-order valence-corrected chi connectivity index (χ0v) is 14.8. The molecule has 0 unspecified atom stereocenters. The Balaban J connectivity index is 1.38. The second kappa shape index (κ2) is 7.06. The Hall–Kier alpha value is -2.05. The van der Waals surface area contributed by atoms with Gasteiger partial charge < -0.3 is 19.9 Å². The van der Waals surface area contributed by atoms with Gasteiger partial charge in [0, 0.05) is 49.3 Å². The predicted octanol–water partition coefficient (Wildman–Crippen LogP) is 2.13. The molecule has 2 amide bonds. The van der Waals surface area contributed by atoms with E-state index in [0.29, 0.717) is 6.54 Å². The van der Waals surface area contributed by atoms with Gasteiger partial charge in [0.25, 0.3) is 0 Å². The Morgan fingerprint density at radius 2 is 2.08 bits per heavy atom. The number of morpholine rings is 1. The minimum Gasteiger partial charge on any atom is -0.379 e. The van der Waals surface area contributed by atoms with E-state index in [4.69, 9.17) is 4.74 Å². The number of aromatic nitrogens is 1. The number of para-hydroxylation sites is 1. The van der Waals surface area contributed by atoms with Crippen LogP contribution in [0, 0.1) is 0 Å². The first kappa shape index (κ1) is 16.4. The second-order valence-corrected chi connectivity index (χ2v) is 6.87. The average Bonchev–Trinajstić information content (AvgIpc) is 3.03. The number of amides is 2. The SMILES string of the molecule is C[C@H]1c2[nH]c3ccccc3c2CCN1C(=O)NCCN1CCOCC1. The van der Waals surface area contributed by atoms with E-state index >= 15 is 0 Å². The van der Waals surface area contributed by atoms with Crippen LogP contribution in [-0.2, 0) is 11.2 Å². The van der Waals surface area contributed by atoms with Crippen LogP contribution in [0.4, 0.5) is 4.79 Å². The highest BCUT2D eigenvalue weighted by Crippen LogP contribution is 2.33. The third kappa shape index (κ3) is 3.24. The van der Waals surface area contributed by atoms with Gasteiger partial charge in [0.2, 0.25) is 0 Å². The number of aromatic amines is 1. The molecule has 2 N–H and O–H groups in total. The Bertz CT molecular complexity index is 751. The van der Waals surface area contributed by atoms with Crippen LogP contribution in [0.15, 0.2) is 24.3 Å². The zero-order chi connectivity index (χ0) is 17.2. The van der Waals surface area contributed by atoms with Crippen LogP contribution in [0.3, 0.4) is 0 Å². The van der Waals surface area contributed by atoms with Crippen molar-refractivity contribution >= 4 is 16.9 Å². The molecular formula is C19H26N4O2. The van der Waals surface area contributed by atoms with Crippen molar-refractivity contribution in [3.8, 4) is 0 Å². The van der Waals surface area contributed by atoms with Crippen molar-refractivity contribution in [1.82, 2.24) is 20.1 Å². The molecule has 2 aromatic rings. The first-order valence-corrected chi connectivity index (χ1v) is 9.18. The number of carbonyl (C=O) groups excluding carboxylic acids is 1. The fourth-order valence-electron chi connectivity index (χ4n) is 3.95. The molecular weight excluding hydrogens is 316 g/mol. The van der Waals surface area contributed by atoms with E-state index in [0.717, 1.165) is 51.3 Å². The molecule has 0 saturated carbocycles. The van der Waals surface area contributed by atoms with Crippen LogP contribution in [-0.4, -0.2) is 66.8 Å². The second-order valence-electron chi connectivity index (χ2n) is 6.87. The normalized spacial score (nSPS) is 21.3. The number of benzene rings is 1. The number of carbonyl (C=O) groups is 1. The van der Waals surface area contributed by atoms with E-state index in [1.54, 1.807) is 0 Å². The Morgan fingerprint density at radius 3 is 2.92 bits per heavy atom. The minimum atomic E-state index is 0.0325. The van der Waals surface area contributed by atoms with Crippen LogP contribution in [0.25, 0.3) is 10.9 Å². The van der Waals surface area contributed by atoms with Crippen molar-refractivity contribution < 1.29 is 9.53 Å². The highest BCUT2D eigenvalue weighted by Gasteiger charge is 2.30. The molecule has 6 nitrogen and oxygen atoms in total. The topological polar surface area (TPSA) is 60.6 Å². The summed E-state index contributed by atoms with van der Waals surface area (Å²) < 4.78 is 5.35. The smallest absolute Gasteiger partial charge is 0.318 e. The summed E-state index contributed by atoms with van der Waals surface area (Å²) >= 11 is 0. The van der Waals surface area contributed by atoms with Crippen molar-refractivity contribution in [3.63, 3.8) is 0 Å². The van der Waals surface area contributed by atoms with Gasteiger partial charge in [0.05, 0.1) is 19.3 Å². The van der Waals surface area contributed by atoms with Crippen molar-refractivity contribution in [2.45, 2.75) is 19.4 Å². The molecule has 4 rings (SSSR count). The van der Waals surface area contributed by atoms with E-state index in [9.17, 15) is 4.79 Å². The Morgan fingerprint density at radius 1 is 1.28 bits per heavy atom. The lowest BCUT2D eigenvalue weighted by Gasteiger charge is -2.34. The lowest BCUT2D eigenvalue weighted by atomic mass is 9.98. The molecule has 3 heterocycles. The predicted molar refractivity (Wildman–Crippen MR) is 97.8 cm³/mol. The van der Waals surface area contributed by atoms with E-state index in [1.807, 2.05) is 11.0 Å². The summed E-state index contributed by atoms with van der Waals surface area (Å²) in [4.78, 5) is 20.4. The van der Waals surface area contributed by atoms with E-state index in [-0.39, 0.29) is 12.1 Å². The van der Waals surface area contributed by atoms with Gasteiger partial charge in [-0.15, -0.1) is 0 Å². The molecule has 25 heavy (non-hydrogen) atoms. The van der Waals surface area contributed by atoms with Gasteiger partial charge in [-0.05, 0) is 25.0 Å². The van der Waals surface area contributed by atoms with E-state index in [1.165, 1.54) is 16.6 Å². The molecule has 1 aromatic heterocycles. The highest BCUT2D eigenvalue weighted by atomic mass is 16.5. The van der Waals surface area contributed by atoms with Gasteiger partial charge in [-0.2, -0.15) is 0 Å². The summed E-state index contributed by atoms with van der Waals surface area (Å²) in [6, 6.07) is 8.49. The van der Waals surface area contributed by atoms with Gasteiger partial charge in [-0.3, -0.25) is 4.90 Å².